The Hall–Kier alpha value is -2.75. The van der Waals surface area contributed by atoms with Gasteiger partial charge in [-0.25, -0.2) is 0 Å². The lowest BCUT2D eigenvalue weighted by Gasteiger charge is -1.97. The van der Waals surface area contributed by atoms with Gasteiger partial charge in [0.2, 0.25) is 0 Å². The Balaban J connectivity index is 0.000000155. The van der Waals surface area contributed by atoms with Crippen molar-refractivity contribution in [2.24, 2.45) is 0 Å². The molecule has 0 saturated carbocycles. The summed E-state index contributed by atoms with van der Waals surface area (Å²) in [6, 6.07) is 15.1. The third-order valence-electron chi connectivity index (χ3n) is 2.91. The molecule has 0 spiro atoms. The fourth-order valence-corrected chi connectivity index (χ4v) is 1.87. The standard InChI is InChI=1S/C9H8N2.C8H9NO/c10-8-5-1-3-7-4-2-6-11-9(7)8;1-6-4-3-5-8(9-6)7(2)10/h1-6H,10H2;3-5H,1-2H3. The fourth-order valence-electron chi connectivity index (χ4n) is 1.87. The molecule has 21 heavy (non-hydrogen) atoms. The lowest BCUT2D eigenvalue weighted by molar-refractivity contribution is 0.101. The summed E-state index contributed by atoms with van der Waals surface area (Å²) in [4.78, 5) is 18.9. The molecular formula is C17H17N3O. The maximum Gasteiger partial charge on any atom is 0.178 e. The van der Waals surface area contributed by atoms with Gasteiger partial charge < -0.3 is 5.73 Å². The van der Waals surface area contributed by atoms with Crippen LogP contribution in [0.4, 0.5) is 5.69 Å². The van der Waals surface area contributed by atoms with Crippen molar-refractivity contribution >= 4 is 22.4 Å². The number of anilines is 1. The molecule has 0 atom stereocenters. The molecule has 3 rings (SSSR count). The largest absolute Gasteiger partial charge is 0.397 e. The van der Waals surface area contributed by atoms with Crippen molar-refractivity contribution in [2.75, 3.05) is 5.73 Å². The minimum Gasteiger partial charge on any atom is -0.397 e. The Bertz CT molecular complexity index is 763. The molecule has 3 aromatic rings. The smallest absolute Gasteiger partial charge is 0.178 e. The minimum atomic E-state index is 0.0173. The number of nitrogens with zero attached hydrogens (tertiary/aromatic N) is 2. The molecule has 4 heteroatoms. The lowest BCUT2D eigenvalue weighted by atomic mass is 10.2. The second-order valence-corrected chi connectivity index (χ2v) is 4.64. The Morgan fingerprint density at radius 2 is 1.76 bits per heavy atom. The Morgan fingerprint density at radius 1 is 1.05 bits per heavy atom. The van der Waals surface area contributed by atoms with E-state index in [1.54, 1.807) is 12.3 Å². The molecule has 2 heterocycles. The summed E-state index contributed by atoms with van der Waals surface area (Å²) in [7, 11) is 0. The van der Waals surface area contributed by atoms with Crippen molar-refractivity contribution in [3.63, 3.8) is 0 Å². The number of Topliss-reactive ketones (excluding diaryl/α,β-unsaturated/α-hetero) is 1. The van der Waals surface area contributed by atoms with Crippen LogP contribution in [0.2, 0.25) is 0 Å². The molecule has 0 fully saturated rings. The highest BCUT2D eigenvalue weighted by Gasteiger charge is 1.98. The van der Waals surface area contributed by atoms with Crippen molar-refractivity contribution in [1.29, 1.82) is 0 Å². The molecule has 2 aromatic heterocycles. The molecule has 0 bridgehead atoms. The van der Waals surface area contributed by atoms with E-state index in [2.05, 4.69) is 9.97 Å². The second-order valence-electron chi connectivity index (χ2n) is 4.64. The summed E-state index contributed by atoms with van der Waals surface area (Å²) < 4.78 is 0. The van der Waals surface area contributed by atoms with Crippen LogP contribution in [0.3, 0.4) is 0 Å². The van der Waals surface area contributed by atoms with Gasteiger partial charge in [-0.1, -0.05) is 24.3 Å². The summed E-state index contributed by atoms with van der Waals surface area (Å²) in [5.74, 6) is 0.0173. The van der Waals surface area contributed by atoms with E-state index in [9.17, 15) is 4.79 Å². The SMILES string of the molecule is CC(=O)c1cccc(C)n1.Nc1cccc2cccnc12. The molecule has 0 radical (unpaired) electrons. The highest BCUT2D eigenvalue weighted by molar-refractivity contribution is 5.92. The average Bonchev–Trinajstić information content (AvgIpc) is 2.48. The number of aryl methyl sites for hydroxylation is 1. The molecule has 0 aliphatic carbocycles. The molecule has 4 nitrogen and oxygen atoms in total. The summed E-state index contributed by atoms with van der Waals surface area (Å²) in [5, 5.41) is 1.09. The van der Waals surface area contributed by atoms with E-state index in [4.69, 9.17) is 5.73 Å². The van der Waals surface area contributed by atoms with Gasteiger partial charge in [0, 0.05) is 24.2 Å². The number of aromatic nitrogens is 2. The number of nitrogen functional groups attached to an aromatic ring is 1. The van der Waals surface area contributed by atoms with Gasteiger partial charge in [0.15, 0.2) is 5.78 Å². The molecule has 1 aromatic carbocycles. The van der Waals surface area contributed by atoms with E-state index in [1.807, 2.05) is 49.4 Å². The predicted octanol–water partition coefficient (Wildman–Crippen LogP) is 3.41. The van der Waals surface area contributed by atoms with E-state index in [-0.39, 0.29) is 5.78 Å². The number of ketones is 1. The maximum absolute atomic E-state index is 10.7. The predicted molar refractivity (Wildman–Crippen MR) is 85.1 cm³/mol. The number of nitrogens with two attached hydrogens (primary N) is 1. The number of hydrogen-bond donors (Lipinski definition) is 1. The Kier molecular flexibility index (Phi) is 4.61. The first kappa shape index (κ1) is 14.7. The van der Waals surface area contributed by atoms with Crippen LogP contribution in [-0.4, -0.2) is 15.8 Å². The first-order valence-corrected chi connectivity index (χ1v) is 6.62. The first-order valence-electron chi connectivity index (χ1n) is 6.62. The summed E-state index contributed by atoms with van der Waals surface area (Å²) >= 11 is 0. The Morgan fingerprint density at radius 3 is 2.38 bits per heavy atom. The minimum absolute atomic E-state index is 0.0173. The van der Waals surface area contributed by atoms with Gasteiger partial charge in [-0.05, 0) is 31.2 Å². The van der Waals surface area contributed by atoms with Crippen LogP contribution in [0.25, 0.3) is 10.9 Å². The number of fused-ring (bicyclic) bond motifs is 1. The van der Waals surface area contributed by atoms with E-state index in [0.717, 1.165) is 22.3 Å². The van der Waals surface area contributed by atoms with Crippen LogP contribution in [0.15, 0.2) is 54.7 Å². The third-order valence-corrected chi connectivity index (χ3v) is 2.91. The molecule has 106 valence electrons. The third kappa shape index (κ3) is 3.86. The summed E-state index contributed by atoms with van der Waals surface area (Å²) in [5.41, 5.74) is 8.74. The first-order chi connectivity index (χ1) is 10.1. The number of rotatable bonds is 1. The number of para-hydroxylation sites is 1. The van der Waals surface area contributed by atoms with Crippen molar-refractivity contribution in [2.45, 2.75) is 13.8 Å². The van der Waals surface area contributed by atoms with Crippen LogP contribution < -0.4 is 5.73 Å². The number of carbonyl (C=O) groups is 1. The average molecular weight is 279 g/mol. The van der Waals surface area contributed by atoms with Crippen LogP contribution in [-0.2, 0) is 0 Å². The number of hydrogen-bond acceptors (Lipinski definition) is 4. The topological polar surface area (TPSA) is 68.9 Å². The van der Waals surface area contributed by atoms with Crippen molar-refractivity contribution < 1.29 is 4.79 Å². The van der Waals surface area contributed by atoms with Crippen LogP contribution in [0.1, 0.15) is 23.1 Å². The van der Waals surface area contributed by atoms with E-state index >= 15 is 0 Å². The van der Waals surface area contributed by atoms with Gasteiger partial charge in [-0.15, -0.1) is 0 Å². The van der Waals surface area contributed by atoms with E-state index in [1.165, 1.54) is 6.92 Å². The van der Waals surface area contributed by atoms with Crippen LogP contribution >= 0.6 is 0 Å². The number of benzene rings is 1. The fraction of sp³-hybridized carbons (Fsp3) is 0.118. The summed E-state index contributed by atoms with van der Waals surface area (Å²) in [6.45, 7) is 3.38. The highest BCUT2D eigenvalue weighted by Crippen LogP contribution is 2.16. The van der Waals surface area contributed by atoms with Crippen molar-refractivity contribution in [3.8, 4) is 0 Å². The monoisotopic (exact) mass is 279 g/mol. The second kappa shape index (κ2) is 6.61. The maximum atomic E-state index is 10.7. The van der Waals surface area contributed by atoms with Gasteiger partial charge in [-0.3, -0.25) is 14.8 Å². The number of pyridine rings is 2. The molecule has 0 saturated heterocycles. The summed E-state index contributed by atoms with van der Waals surface area (Å²) in [6.07, 6.45) is 1.75. The van der Waals surface area contributed by atoms with Gasteiger partial charge in [-0.2, -0.15) is 0 Å². The molecule has 0 amide bonds. The number of carbonyl (C=O) groups excluding carboxylic acids is 1. The van der Waals surface area contributed by atoms with Crippen molar-refractivity contribution in [3.05, 3.63) is 66.1 Å². The normalized spacial score (nSPS) is 9.81. The van der Waals surface area contributed by atoms with Crippen molar-refractivity contribution in [1.82, 2.24) is 9.97 Å². The quantitative estimate of drug-likeness (QED) is 0.547. The Labute approximate surface area is 123 Å². The van der Waals surface area contributed by atoms with Gasteiger partial charge in [0.25, 0.3) is 0 Å². The lowest BCUT2D eigenvalue weighted by Crippen LogP contribution is -1.96. The van der Waals surface area contributed by atoms with Crippen LogP contribution in [0.5, 0.6) is 0 Å². The molecule has 0 unspecified atom stereocenters. The van der Waals surface area contributed by atoms with E-state index < -0.39 is 0 Å². The van der Waals surface area contributed by atoms with Gasteiger partial charge in [0.05, 0.1) is 11.2 Å². The molecule has 0 aliphatic rings. The molecule has 2 N–H and O–H groups in total. The zero-order valence-corrected chi connectivity index (χ0v) is 12.1. The zero-order valence-electron chi connectivity index (χ0n) is 12.1. The van der Waals surface area contributed by atoms with E-state index in [0.29, 0.717) is 5.69 Å². The highest BCUT2D eigenvalue weighted by atomic mass is 16.1. The van der Waals surface area contributed by atoms with Gasteiger partial charge >= 0.3 is 0 Å². The van der Waals surface area contributed by atoms with Crippen LogP contribution in [0, 0.1) is 6.92 Å². The van der Waals surface area contributed by atoms with Gasteiger partial charge in [0.1, 0.15) is 5.69 Å². The molecule has 0 aliphatic heterocycles. The molecular weight excluding hydrogens is 262 g/mol. The zero-order chi connectivity index (χ0) is 15.2.